The van der Waals surface area contributed by atoms with Crippen LogP contribution in [0.5, 0.6) is 0 Å². The number of nitrogens with one attached hydrogen (secondary N) is 1. The van der Waals surface area contributed by atoms with Crippen molar-refractivity contribution in [3.8, 4) is 0 Å². The molecule has 0 aromatic carbocycles. The van der Waals surface area contributed by atoms with Crippen LogP contribution in [0.25, 0.3) is 0 Å². The molecule has 134 valence electrons. The molecule has 1 aliphatic carbocycles. The van der Waals surface area contributed by atoms with E-state index in [1.54, 1.807) is 11.3 Å². The van der Waals surface area contributed by atoms with Crippen LogP contribution < -0.4 is 5.32 Å². The van der Waals surface area contributed by atoms with E-state index >= 15 is 0 Å². The minimum absolute atomic E-state index is 0.142. The van der Waals surface area contributed by atoms with Gasteiger partial charge in [0.1, 0.15) is 0 Å². The molecule has 1 saturated carbocycles. The van der Waals surface area contributed by atoms with Crippen LogP contribution in [0.4, 0.5) is 0 Å². The molecular weight excluding hydrogens is 316 g/mol. The van der Waals surface area contributed by atoms with Crippen LogP contribution in [0.1, 0.15) is 63.6 Å². The first kappa shape index (κ1) is 17.7. The number of hydrogen-bond donors (Lipinski definition) is 1. The van der Waals surface area contributed by atoms with Crippen LogP contribution in [0.3, 0.4) is 0 Å². The summed E-state index contributed by atoms with van der Waals surface area (Å²) >= 11 is 1.78. The third-order valence-electron chi connectivity index (χ3n) is 5.56. The van der Waals surface area contributed by atoms with Gasteiger partial charge in [-0.1, -0.05) is 33.6 Å². The van der Waals surface area contributed by atoms with Crippen molar-refractivity contribution in [3.63, 3.8) is 0 Å². The molecule has 0 amide bonds. The monoisotopic (exact) mass is 348 g/mol. The number of aliphatic imine (C=N–C) groups is 1. The molecule has 4 nitrogen and oxygen atoms in total. The van der Waals surface area contributed by atoms with Gasteiger partial charge in [0.25, 0.3) is 0 Å². The molecule has 1 saturated heterocycles. The van der Waals surface area contributed by atoms with E-state index in [1.807, 2.05) is 7.05 Å². The van der Waals surface area contributed by atoms with Crippen molar-refractivity contribution >= 4 is 17.3 Å². The molecule has 3 rings (SSSR count). The number of aromatic nitrogens is 1. The van der Waals surface area contributed by atoms with Gasteiger partial charge in [-0.3, -0.25) is 4.99 Å². The minimum atomic E-state index is 0.142. The third kappa shape index (κ3) is 3.93. The van der Waals surface area contributed by atoms with Crippen molar-refractivity contribution in [2.75, 3.05) is 26.7 Å². The molecule has 1 aliphatic heterocycles. The standard InChI is InChI=1S/C19H32N4S/c1-18(2,3)15-13-24-16(22-15)7-11-21-17(20-4)23-12-10-19(14-23)8-5-6-9-19/h13H,5-12,14H2,1-4H3,(H,20,21). The maximum Gasteiger partial charge on any atom is 0.193 e. The Morgan fingerprint density at radius 2 is 2.08 bits per heavy atom. The highest BCUT2D eigenvalue weighted by molar-refractivity contribution is 7.09. The van der Waals surface area contributed by atoms with Crippen LogP contribution in [0, 0.1) is 5.41 Å². The van der Waals surface area contributed by atoms with Gasteiger partial charge in [-0.15, -0.1) is 11.3 Å². The number of hydrogen-bond acceptors (Lipinski definition) is 3. The van der Waals surface area contributed by atoms with Crippen LogP contribution in [0.2, 0.25) is 0 Å². The summed E-state index contributed by atoms with van der Waals surface area (Å²) in [5, 5.41) is 6.98. The van der Waals surface area contributed by atoms with E-state index in [-0.39, 0.29) is 5.41 Å². The van der Waals surface area contributed by atoms with E-state index in [0.717, 1.165) is 25.5 Å². The SMILES string of the molecule is CN=C(NCCc1nc(C(C)(C)C)cs1)N1CCC2(CCCC2)C1. The van der Waals surface area contributed by atoms with Crippen molar-refractivity contribution in [2.24, 2.45) is 10.4 Å². The maximum atomic E-state index is 4.78. The Morgan fingerprint density at radius 1 is 1.33 bits per heavy atom. The zero-order valence-electron chi connectivity index (χ0n) is 15.7. The summed E-state index contributed by atoms with van der Waals surface area (Å²) in [5.41, 5.74) is 1.94. The summed E-state index contributed by atoms with van der Waals surface area (Å²) in [5.74, 6) is 1.08. The van der Waals surface area contributed by atoms with Gasteiger partial charge < -0.3 is 10.2 Å². The number of guanidine groups is 1. The summed E-state index contributed by atoms with van der Waals surface area (Å²) in [4.78, 5) is 11.8. The predicted molar refractivity (Wildman–Crippen MR) is 103 cm³/mol. The van der Waals surface area contributed by atoms with Gasteiger partial charge in [0.05, 0.1) is 10.7 Å². The van der Waals surface area contributed by atoms with Crippen LogP contribution in [-0.2, 0) is 11.8 Å². The molecule has 5 heteroatoms. The molecule has 2 aliphatic rings. The fourth-order valence-corrected chi connectivity index (χ4v) is 5.06. The Hall–Kier alpha value is -1.10. The van der Waals surface area contributed by atoms with E-state index in [9.17, 15) is 0 Å². The quantitative estimate of drug-likeness (QED) is 0.667. The number of nitrogens with zero attached hydrogens (tertiary/aromatic N) is 3. The lowest BCUT2D eigenvalue weighted by Crippen LogP contribution is -2.41. The highest BCUT2D eigenvalue weighted by Crippen LogP contribution is 2.45. The van der Waals surface area contributed by atoms with Crippen LogP contribution in [0.15, 0.2) is 10.4 Å². The minimum Gasteiger partial charge on any atom is -0.356 e. The molecule has 2 heterocycles. The van der Waals surface area contributed by atoms with Crippen LogP contribution >= 0.6 is 11.3 Å². The Morgan fingerprint density at radius 3 is 2.71 bits per heavy atom. The summed E-state index contributed by atoms with van der Waals surface area (Å²) < 4.78 is 0. The molecule has 24 heavy (non-hydrogen) atoms. The first-order valence-corrected chi connectivity index (χ1v) is 10.2. The molecule has 1 N–H and O–H groups in total. The van der Waals surface area contributed by atoms with Crippen LogP contribution in [-0.4, -0.2) is 42.5 Å². The molecular formula is C19H32N4S. The highest BCUT2D eigenvalue weighted by atomic mass is 32.1. The van der Waals surface area contributed by atoms with E-state index in [4.69, 9.17) is 4.98 Å². The Bertz CT molecular complexity index is 578. The second kappa shape index (κ2) is 7.03. The lowest BCUT2D eigenvalue weighted by atomic mass is 9.86. The van der Waals surface area contributed by atoms with Gasteiger partial charge in [-0.25, -0.2) is 4.98 Å². The second-order valence-corrected chi connectivity index (χ2v) is 9.42. The van der Waals surface area contributed by atoms with Gasteiger partial charge in [0.2, 0.25) is 0 Å². The largest absolute Gasteiger partial charge is 0.356 e. The van der Waals surface area contributed by atoms with E-state index < -0.39 is 0 Å². The van der Waals surface area contributed by atoms with Gasteiger partial charge in [0, 0.05) is 43.9 Å². The maximum absolute atomic E-state index is 4.78. The molecule has 1 spiro atoms. The summed E-state index contributed by atoms with van der Waals surface area (Å²) in [6, 6.07) is 0. The summed E-state index contributed by atoms with van der Waals surface area (Å²) in [6.07, 6.45) is 7.97. The Labute approximate surface area is 150 Å². The fourth-order valence-electron chi connectivity index (χ4n) is 4.03. The summed E-state index contributed by atoms with van der Waals surface area (Å²) in [7, 11) is 1.91. The number of thiazole rings is 1. The lowest BCUT2D eigenvalue weighted by Gasteiger charge is -2.25. The smallest absolute Gasteiger partial charge is 0.193 e. The second-order valence-electron chi connectivity index (χ2n) is 8.48. The lowest BCUT2D eigenvalue weighted by molar-refractivity contribution is 0.309. The molecule has 0 bridgehead atoms. The fraction of sp³-hybridized carbons (Fsp3) is 0.789. The number of likely N-dealkylation sites (tertiary alicyclic amines) is 1. The predicted octanol–water partition coefficient (Wildman–Crippen LogP) is 3.82. The Balaban J connectivity index is 1.49. The molecule has 0 unspecified atom stereocenters. The molecule has 0 radical (unpaired) electrons. The summed E-state index contributed by atoms with van der Waals surface area (Å²) in [6.45, 7) is 9.92. The average Bonchev–Trinajstić information content (AvgIpc) is 3.26. The zero-order valence-corrected chi connectivity index (χ0v) is 16.5. The van der Waals surface area contributed by atoms with Crippen molar-refractivity contribution in [3.05, 3.63) is 16.1 Å². The molecule has 1 aromatic rings. The average molecular weight is 349 g/mol. The number of rotatable bonds is 3. The van der Waals surface area contributed by atoms with Gasteiger partial charge >= 0.3 is 0 Å². The van der Waals surface area contributed by atoms with E-state index in [0.29, 0.717) is 5.41 Å². The topological polar surface area (TPSA) is 40.5 Å². The van der Waals surface area contributed by atoms with E-state index in [2.05, 4.69) is 41.4 Å². The highest BCUT2D eigenvalue weighted by Gasteiger charge is 2.41. The van der Waals surface area contributed by atoms with Crippen molar-refractivity contribution in [1.82, 2.24) is 15.2 Å². The molecule has 2 fully saturated rings. The Kier molecular flexibility index (Phi) is 5.19. The van der Waals surface area contributed by atoms with Gasteiger partial charge in [0.15, 0.2) is 5.96 Å². The van der Waals surface area contributed by atoms with Gasteiger partial charge in [-0.2, -0.15) is 0 Å². The van der Waals surface area contributed by atoms with Crippen molar-refractivity contribution in [2.45, 2.75) is 64.7 Å². The first-order chi connectivity index (χ1) is 11.4. The molecule has 1 aromatic heterocycles. The normalized spacial score (nSPS) is 21.0. The van der Waals surface area contributed by atoms with E-state index in [1.165, 1.54) is 49.4 Å². The van der Waals surface area contributed by atoms with Crippen molar-refractivity contribution < 1.29 is 0 Å². The zero-order chi connectivity index (χ0) is 17.2. The molecule has 0 atom stereocenters. The third-order valence-corrected chi connectivity index (χ3v) is 6.46. The van der Waals surface area contributed by atoms with Crippen molar-refractivity contribution in [1.29, 1.82) is 0 Å². The first-order valence-electron chi connectivity index (χ1n) is 9.32. The van der Waals surface area contributed by atoms with Gasteiger partial charge in [-0.05, 0) is 24.7 Å².